The van der Waals surface area contributed by atoms with Crippen LogP contribution in [0.4, 0.5) is 17.3 Å². The number of nitrogen functional groups attached to an aromatic ring is 2. The van der Waals surface area contributed by atoms with Crippen molar-refractivity contribution in [1.29, 1.82) is 0 Å². The molecule has 2 rings (SSSR count). The number of anilines is 2. The van der Waals surface area contributed by atoms with Gasteiger partial charge in [-0.25, -0.2) is 9.83 Å². The van der Waals surface area contributed by atoms with Crippen molar-refractivity contribution in [3.8, 4) is 0 Å². The molecule has 6 N–H and O–H groups in total. The molecule has 0 aliphatic heterocycles. The highest BCUT2D eigenvalue weighted by molar-refractivity contribution is 5.61. The summed E-state index contributed by atoms with van der Waals surface area (Å²) >= 11 is 0. The van der Waals surface area contributed by atoms with Gasteiger partial charge in [0, 0.05) is 24.5 Å². The summed E-state index contributed by atoms with van der Waals surface area (Å²) in [5.74, 6) is 0.826. The summed E-state index contributed by atoms with van der Waals surface area (Å²) in [4.78, 5) is 10.7. The van der Waals surface area contributed by atoms with Crippen LogP contribution in [0, 0.1) is 6.57 Å². The van der Waals surface area contributed by atoms with Crippen LogP contribution < -0.4 is 17.2 Å². The Balaban J connectivity index is 0.000000180. The lowest BCUT2D eigenvalue weighted by molar-refractivity contribution is 1.05. The van der Waals surface area contributed by atoms with Crippen LogP contribution in [0.1, 0.15) is 5.56 Å². The van der Waals surface area contributed by atoms with Gasteiger partial charge in [-0.05, 0) is 6.07 Å². The molecule has 0 atom stereocenters. The molecule has 0 spiro atoms. The molecule has 0 aliphatic rings. The number of hydrogen-bond donors (Lipinski definition) is 3. The second-order valence-electron chi connectivity index (χ2n) is 3.27. The zero-order valence-corrected chi connectivity index (χ0v) is 9.74. The second-order valence-corrected chi connectivity index (χ2v) is 3.27. The van der Waals surface area contributed by atoms with E-state index in [2.05, 4.69) is 14.8 Å². The van der Waals surface area contributed by atoms with Crippen molar-refractivity contribution < 1.29 is 0 Å². The minimum Gasteiger partial charge on any atom is -0.392 e. The van der Waals surface area contributed by atoms with E-state index < -0.39 is 0 Å². The first kappa shape index (κ1) is 13.4. The average molecular weight is 242 g/mol. The average Bonchev–Trinajstić information content (AvgIpc) is 2.41. The summed E-state index contributed by atoms with van der Waals surface area (Å²) in [6.07, 6.45) is 3.21. The maximum atomic E-state index is 6.59. The molecule has 6 nitrogen and oxygen atoms in total. The van der Waals surface area contributed by atoms with Gasteiger partial charge in [-0.15, -0.1) is 0 Å². The zero-order chi connectivity index (χ0) is 13.4. The molecule has 0 unspecified atom stereocenters. The normalized spacial score (nSPS) is 8.89. The Morgan fingerprint density at radius 1 is 1.06 bits per heavy atom. The van der Waals surface area contributed by atoms with E-state index in [9.17, 15) is 0 Å². The molecule has 0 aromatic carbocycles. The van der Waals surface area contributed by atoms with E-state index in [4.69, 9.17) is 23.8 Å². The molecule has 0 fully saturated rings. The van der Waals surface area contributed by atoms with Crippen LogP contribution in [-0.4, -0.2) is 9.97 Å². The first-order valence-electron chi connectivity index (χ1n) is 5.16. The lowest BCUT2D eigenvalue weighted by atomic mass is 10.3. The number of hydrogen-bond acceptors (Lipinski definition) is 5. The maximum absolute atomic E-state index is 6.59. The van der Waals surface area contributed by atoms with Gasteiger partial charge >= 0.3 is 0 Å². The minimum absolute atomic E-state index is 0.299. The number of nitrogens with zero attached hydrogens (tertiary/aromatic N) is 3. The van der Waals surface area contributed by atoms with E-state index in [1.807, 2.05) is 12.1 Å². The van der Waals surface area contributed by atoms with Gasteiger partial charge in [0.1, 0.15) is 11.6 Å². The van der Waals surface area contributed by atoms with E-state index in [0.29, 0.717) is 23.9 Å². The number of aromatic nitrogens is 2. The number of pyridine rings is 2. The second kappa shape index (κ2) is 6.83. The van der Waals surface area contributed by atoms with Gasteiger partial charge in [0.25, 0.3) is 0 Å². The molecule has 92 valence electrons. The molecule has 2 aromatic heterocycles. The van der Waals surface area contributed by atoms with Gasteiger partial charge in [-0.2, -0.15) is 0 Å². The van der Waals surface area contributed by atoms with Gasteiger partial charge < -0.3 is 17.2 Å². The molecule has 0 saturated heterocycles. The molecule has 2 heterocycles. The smallest absolute Gasteiger partial charge is 0.227 e. The molecular formula is C12H14N6. The molecule has 0 aliphatic carbocycles. The van der Waals surface area contributed by atoms with Crippen LogP contribution in [0.5, 0.6) is 0 Å². The third-order valence-corrected chi connectivity index (χ3v) is 2.08. The summed E-state index contributed by atoms with van der Waals surface area (Å²) in [6, 6.07) is 7.00. The first-order valence-corrected chi connectivity index (χ1v) is 5.16. The van der Waals surface area contributed by atoms with Crippen molar-refractivity contribution in [1.82, 2.24) is 9.97 Å². The van der Waals surface area contributed by atoms with E-state index in [1.54, 1.807) is 24.5 Å². The highest BCUT2D eigenvalue weighted by atomic mass is 14.9. The standard InChI is InChI=1S/C6H5N3.C6H9N3/c1-8-5-3-2-4-9-6(5)7;7-4-5-2-1-3-9-6(5)8/h2-4H,(H2,7,9);1-3H,4,7H2,(H2,8,9). The van der Waals surface area contributed by atoms with Crippen molar-refractivity contribution in [3.63, 3.8) is 0 Å². The summed E-state index contributed by atoms with van der Waals surface area (Å²) in [5, 5.41) is 0. The van der Waals surface area contributed by atoms with Crippen molar-refractivity contribution in [2.45, 2.75) is 6.54 Å². The van der Waals surface area contributed by atoms with Gasteiger partial charge in [0.15, 0.2) is 0 Å². The molecule has 0 saturated carbocycles. The van der Waals surface area contributed by atoms with Crippen LogP contribution in [0.15, 0.2) is 36.7 Å². The molecular weight excluding hydrogens is 228 g/mol. The van der Waals surface area contributed by atoms with E-state index >= 15 is 0 Å². The topological polar surface area (TPSA) is 108 Å². The fourth-order valence-corrected chi connectivity index (χ4v) is 1.13. The summed E-state index contributed by atoms with van der Waals surface area (Å²) in [5.41, 5.74) is 17.4. The zero-order valence-electron chi connectivity index (χ0n) is 9.74. The summed E-state index contributed by atoms with van der Waals surface area (Å²) < 4.78 is 0. The first-order chi connectivity index (χ1) is 8.69. The molecule has 2 aromatic rings. The molecule has 0 radical (unpaired) electrons. The highest BCUT2D eigenvalue weighted by Crippen LogP contribution is 2.16. The Hall–Kier alpha value is -2.65. The monoisotopic (exact) mass is 242 g/mol. The Labute approximate surface area is 105 Å². The van der Waals surface area contributed by atoms with E-state index in [0.717, 1.165) is 5.56 Å². The third kappa shape index (κ3) is 3.73. The lowest BCUT2D eigenvalue weighted by Crippen LogP contribution is -2.02. The minimum atomic E-state index is 0.299. The maximum Gasteiger partial charge on any atom is 0.227 e. The van der Waals surface area contributed by atoms with Gasteiger partial charge in [0.05, 0.1) is 6.57 Å². The van der Waals surface area contributed by atoms with E-state index in [1.165, 1.54) is 0 Å². The molecule has 6 heteroatoms. The van der Waals surface area contributed by atoms with Gasteiger partial charge in [-0.3, -0.25) is 4.98 Å². The largest absolute Gasteiger partial charge is 0.392 e. The van der Waals surface area contributed by atoms with Crippen LogP contribution in [0.3, 0.4) is 0 Å². The Bertz CT molecular complexity index is 540. The van der Waals surface area contributed by atoms with Crippen LogP contribution >= 0.6 is 0 Å². The lowest BCUT2D eigenvalue weighted by Gasteiger charge is -1.97. The summed E-state index contributed by atoms with van der Waals surface area (Å²) in [7, 11) is 0. The van der Waals surface area contributed by atoms with Crippen molar-refractivity contribution >= 4 is 17.3 Å². The molecule has 18 heavy (non-hydrogen) atoms. The van der Waals surface area contributed by atoms with Crippen LogP contribution in [-0.2, 0) is 6.54 Å². The van der Waals surface area contributed by atoms with Crippen LogP contribution in [0.25, 0.3) is 4.85 Å². The summed E-state index contributed by atoms with van der Waals surface area (Å²) in [6.45, 7) is 7.05. The number of rotatable bonds is 1. The quantitative estimate of drug-likeness (QED) is 0.654. The fourth-order valence-electron chi connectivity index (χ4n) is 1.13. The predicted octanol–water partition coefficient (Wildman–Crippen LogP) is 1.34. The predicted molar refractivity (Wildman–Crippen MR) is 71.5 cm³/mol. The third-order valence-electron chi connectivity index (χ3n) is 2.08. The van der Waals surface area contributed by atoms with Crippen molar-refractivity contribution in [3.05, 3.63) is 53.6 Å². The highest BCUT2D eigenvalue weighted by Gasteiger charge is 1.93. The van der Waals surface area contributed by atoms with E-state index in [-0.39, 0.29) is 0 Å². The van der Waals surface area contributed by atoms with Crippen molar-refractivity contribution in [2.24, 2.45) is 5.73 Å². The van der Waals surface area contributed by atoms with Gasteiger partial charge in [-0.1, -0.05) is 18.2 Å². The fraction of sp³-hybridized carbons (Fsp3) is 0.0833. The molecule has 0 amide bonds. The Kier molecular flexibility index (Phi) is 5.09. The SMILES string of the molecule is NCc1cccnc1N.[C-]#[N+]c1cccnc1N. The Morgan fingerprint density at radius 2 is 1.67 bits per heavy atom. The van der Waals surface area contributed by atoms with Crippen molar-refractivity contribution in [2.75, 3.05) is 11.5 Å². The Morgan fingerprint density at radius 3 is 2.06 bits per heavy atom. The van der Waals surface area contributed by atoms with Crippen LogP contribution in [0.2, 0.25) is 0 Å². The van der Waals surface area contributed by atoms with Gasteiger partial charge in [0.2, 0.25) is 5.69 Å². The number of nitrogens with two attached hydrogens (primary N) is 3. The molecule has 0 bridgehead atoms.